The van der Waals surface area contributed by atoms with Gasteiger partial charge in [0.15, 0.2) is 0 Å². The van der Waals surface area contributed by atoms with Crippen LogP contribution in [-0.2, 0) is 22.6 Å². The highest BCUT2D eigenvalue weighted by Gasteiger charge is 2.39. The van der Waals surface area contributed by atoms with Crippen molar-refractivity contribution in [3.63, 3.8) is 0 Å². The number of halogens is 1. The van der Waals surface area contributed by atoms with Gasteiger partial charge in [0.25, 0.3) is 0 Å². The lowest BCUT2D eigenvalue weighted by Crippen LogP contribution is -2.50. The highest BCUT2D eigenvalue weighted by Crippen LogP contribution is 2.36. The van der Waals surface area contributed by atoms with E-state index < -0.39 is 0 Å². The molecule has 0 radical (unpaired) electrons. The molecule has 2 aliphatic rings. The van der Waals surface area contributed by atoms with E-state index in [1.165, 1.54) is 5.56 Å². The Balaban J connectivity index is 1.47. The molecule has 34 heavy (non-hydrogen) atoms. The predicted molar refractivity (Wildman–Crippen MR) is 133 cm³/mol. The molecule has 0 N–H and O–H groups in total. The molecule has 0 bridgehead atoms. The van der Waals surface area contributed by atoms with Gasteiger partial charge >= 0.3 is 0 Å². The normalized spacial score (nSPS) is 21.6. The first-order valence-electron chi connectivity index (χ1n) is 12.4. The minimum atomic E-state index is -0.236. The Kier molecular flexibility index (Phi) is 8.51. The summed E-state index contributed by atoms with van der Waals surface area (Å²) in [6.45, 7) is 10.9. The van der Waals surface area contributed by atoms with Gasteiger partial charge in [-0.2, -0.15) is 5.10 Å². The molecule has 2 fully saturated rings. The molecule has 0 spiro atoms. The van der Waals surface area contributed by atoms with Crippen molar-refractivity contribution in [3.8, 4) is 5.75 Å². The summed E-state index contributed by atoms with van der Waals surface area (Å²) in [6, 6.07) is 5.76. The molecule has 3 heterocycles. The van der Waals surface area contributed by atoms with E-state index in [-0.39, 0.29) is 11.3 Å². The van der Waals surface area contributed by atoms with Gasteiger partial charge in [-0.15, -0.1) is 0 Å². The largest absolute Gasteiger partial charge is 0.493 e. The van der Waals surface area contributed by atoms with Gasteiger partial charge in [-0.05, 0) is 56.5 Å². The number of piperidine rings is 1. The molecule has 1 aromatic heterocycles. The molecule has 4 rings (SSSR count). The van der Waals surface area contributed by atoms with Gasteiger partial charge < -0.3 is 14.4 Å². The summed E-state index contributed by atoms with van der Waals surface area (Å²) >= 11 is 6.20. The molecule has 186 valence electrons. The van der Waals surface area contributed by atoms with Crippen molar-refractivity contribution in [3.05, 3.63) is 46.7 Å². The van der Waals surface area contributed by atoms with E-state index >= 15 is 0 Å². The van der Waals surface area contributed by atoms with Crippen LogP contribution in [0, 0.1) is 12.3 Å². The number of aromatic nitrogens is 2. The highest BCUT2D eigenvalue weighted by molar-refractivity contribution is 6.31. The number of nitrogens with zero attached hydrogens (tertiary/aromatic N) is 4. The summed E-state index contributed by atoms with van der Waals surface area (Å²) in [5, 5.41) is 5.22. The molecule has 0 aliphatic carbocycles. The average molecular weight is 489 g/mol. The van der Waals surface area contributed by atoms with Gasteiger partial charge in [0, 0.05) is 61.3 Å². The second kappa shape index (κ2) is 11.6. The molecule has 0 saturated carbocycles. The van der Waals surface area contributed by atoms with Crippen LogP contribution in [0.2, 0.25) is 5.02 Å². The molecule has 1 aromatic carbocycles. The molecule has 1 atom stereocenters. The second-order valence-corrected chi connectivity index (χ2v) is 10.2. The summed E-state index contributed by atoms with van der Waals surface area (Å²) in [7, 11) is 0. The zero-order chi connectivity index (χ0) is 24.0. The molecule has 8 heteroatoms. The van der Waals surface area contributed by atoms with Crippen LogP contribution in [0.15, 0.2) is 30.6 Å². The number of aryl methyl sites for hydroxylation is 2. The third kappa shape index (κ3) is 6.52. The van der Waals surface area contributed by atoms with Gasteiger partial charge in [0.2, 0.25) is 5.91 Å². The van der Waals surface area contributed by atoms with Crippen molar-refractivity contribution < 1.29 is 14.3 Å². The maximum absolute atomic E-state index is 13.3. The van der Waals surface area contributed by atoms with E-state index in [9.17, 15) is 4.79 Å². The summed E-state index contributed by atoms with van der Waals surface area (Å²) in [5.41, 5.74) is 1.98. The molecule has 7 nitrogen and oxygen atoms in total. The number of morpholine rings is 1. The lowest BCUT2D eigenvalue weighted by atomic mass is 9.77. The van der Waals surface area contributed by atoms with Crippen LogP contribution in [0.25, 0.3) is 0 Å². The van der Waals surface area contributed by atoms with E-state index in [1.54, 1.807) is 0 Å². The monoisotopic (exact) mass is 488 g/mol. The standard InChI is InChI=1S/C26H37ClN4O3/c1-3-8-31-18-22(16-28-31)17-29-9-4-7-26(19-29,15-25(32)30-10-12-33-13-11-30)20-34-23-5-6-24(27)21(2)14-23/h5-6,14,16,18H,3-4,7-13,15,17,19-20H2,1-2H3/t26-/m1/s1. The third-order valence-corrected chi connectivity index (χ3v) is 7.27. The van der Waals surface area contributed by atoms with Gasteiger partial charge in [0.05, 0.1) is 26.0 Å². The predicted octanol–water partition coefficient (Wildman–Crippen LogP) is 4.17. The number of likely N-dealkylation sites (tertiary alicyclic amines) is 1. The van der Waals surface area contributed by atoms with Crippen LogP contribution in [0.1, 0.15) is 43.7 Å². The molecular formula is C26H37ClN4O3. The van der Waals surface area contributed by atoms with Crippen molar-refractivity contribution in [2.45, 2.75) is 52.6 Å². The zero-order valence-corrected chi connectivity index (χ0v) is 21.2. The molecular weight excluding hydrogens is 452 g/mol. The number of ether oxygens (including phenoxy) is 2. The number of carbonyl (C=O) groups excluding carboxylic acids is 1. The Morgan fingerprint density at radius 3 is 2.85 bits per heavy atom. The van der Waals surface area contributed by atoms with Crippen molar-refractivity contribution in [2.75, 3.05) is 46.0 Å². The Hall–Kier alpha value is -2.09. The Bertz CT molecular complexity index is 959. The van der Waals surface area contributed by atoms with Crippen molar-refractivity contribution in [1.82, 2.24) is 19.6 Å². The lowest BCUT2D eigenvalue weighted by molar-refractivity contribution is -0.139. The van der Waals surface area contributed by atoms with E-state index in [2.05, 4.69) is 23.1 Å². The average Bonchev–Trinajstić information content (AvgIpc) is 3.27. The smallest absolute Gasteiger partial charge is 0.223 e. The molecule has 2 aromatic rings. The minimum Gasteiger partial charge on any atom is -0.493 e. The first-order chi connectivity index (χ1) is 16.5. The molecule has 1 amide bonds. The van der Waals surface area contributed by atoms with Crippen LogP contribution < -0.4 is 4.74 Å². The maximum Gasteiger partial charge on any atom is 0.223 e. The summed E-state index contributed by atoms with van der Waals surface area (Å²) in [4.78, 5) is 17.7. The molecule has 2 aliphatic heterocycles. The maximum atomic E-state index is 13.3. The van der Waals surface area contributed by atoms with Crippen molar-refractivity contribution in [2.24, 2.45) is 5.41 Å². The fraction of sp³-hybridized carbons (Fsp3) is 0.615. The first-order valence-corrected chi connectivity index (χ1v) is 12.8. The van der Waals surface area contributed by atoms with E-state index in [4.69, 9.17) is 21.1 Å². The number of carbonyl (C=O) groups is 1. The van der Waals surface area contributed by atoms with Crippen LogP contribution >= 0.6 is 11.6 Å². The molecule has 0 unspecified atom stereocenters. The van der Waals surface area contributed by atoms with E-state index in [0.29, 0.717) is 39.3 Å². The summed E-state index contributed by atoms with van der Waals surface area (Å²) < 4.78 is 13.8. The number of hydrogen-bond acceptors (Lipinski definition) is 5. The fourth-order valence-electron chi connectivity index (χ4n) is 5.04. The Labute approximate surface area is 207 Å². The number of amides is 1. The van der Waals surface area contributed by atoms with Crippen LogP contribution in [0.5, 0.6) is 5.75 Å². The van der Waals surface area contributed by atoms with E-state index in [1.807, 2.05) is 40.9 Å². The molecule has 2 saturated heterocycles. The van der Waals surface area contributed by atoms with E-state index in [0.717, 1.165) is 61.8 Å². The van der Waals surface area contributed by atoms with Crippen LogP contribution in [0.4, 0.5) is 0 Å². The number of benzene rings is 1. The minimum absolute atomic E-state index is 0.205. The van der Waals surface area contributed by atoms with Crippen molar-refractivity contribution >= 4 is 17.5 Å². The Morgan fingerprint density at radius 2 is 2.09 bits per heavy atom. The van der Waals surface area contributed by atoms with Crippen LogP contribution in [0.3, 0.4) is 0 Å². The summed E-state index contributed by atoms with van der Waals surface area (Å²) in [6.07, 6.45) is 7.69. The Morgan fingerprint density at radius 1 is 1.26 bits per heavy atom. The lowest BCUT2D eigenvalue weighted by Gasteiger charge is -2.43. The van der Waals surface area contributed by atoms with Gasteiger partial charge in [-0.25, -0.2) is 0 Å². The highest BCUT2D eigenvalue weighted by atomic mass is 35.5. The SMILES string of the molecule is CCCn1cc(CN2CCC[C@@](COc3ccc(Cl)c(C)c3)(CC(=O)N3CCOCC3)C2)cn1. The zero-order valence-electron chi connectivity index (χ0n) is 20.5. The second-order valence-electron chi connectivity index (χ2n) is 9.80. The third-order valence-electron chi connectivity index (χ3n) is 6.85. The number of rotatable bonds is 9. The summed E-state index contributed by atoms with van der Waals surface area (Å²) in [5.74, 6) is 1.01. The van der Waals surface area contributed by atoms with Crippen molar-refractivity contribution in [1.29, 1.82) is 0 Å². The fourth-order valence-corrected chi connectivity index (χ4v) is 5.16. The topological polar surface area (TPSA) is 59.8 Å². The van der Waals surface area contributed by atoms with Gasteiger partial charge in [-0.1, -0.05) is 18.5 Å². The van der Waals surface area contributed by atoms with Crippen LogP contribution in [-0.4, -0.2) is 71.5 Å². The van der Waals surface area contributed by atoms with Gasteiger partial charge in [-0.3, -0.25) is 14.4 Å². The van der Waals surface area contributed by atoms with Gasteiger partial charge in [0.1, 0.15) is 5.75 Å². The first kappa shape index (κ1) is 25.0. The number of hydrogen-bond donors (Lipinski definition) is 0. The quantitative estimate of drug-likeness (QED) is 0.530.